The number of hydrogen-bond acceptors (Lipinski definition) is 4. The molecule has 2 N–H and O–H groups in total. The fourth-order valence-electron chi connectivity index (χ4n) is 3.32. The second-order valence-electron chi connectivity index (χ2n) is 6.69. The summed E-state index contributed by atoms with van der Waals surface area (Å²) in [6, 6.07) is 9.16. The molecule has 2 aromatic carbocycles. The van der Waals surface area contributed by atoms with Crippen molar-refractivity contribution in [3.63, 3.8) is 0 Å². The van der Waals surface area contributed by atoms with Crippen molar-refractivity contribution in [3.8, 4) is 16.9 Å². The molecule has 1 aliphatic rings. The summed E-state index contributed by atoms with van der Waals surface area (Å²) < 4.78 is 18.7. The quantitative estimate of drug-likeness (QED) is 0.711. The van der Waals surface area contributed by atoms with E-state index in [9.17, 15) is 14.3 Å². The van der Waals surface area contributed by atoms with Gasteiger partial charge in [-0.1, -0.05) is 17.7 Å². The van der Waals surface area contributed by atoms with E-state index >= 15 is 0 Å². The summed E-state index contributed by atoms with van der Waals surface area (Å²) in [5.74, 6) is -0.514. The molecule has 0 aromatic heterocycles. The average Bonchev–Trinajstić information content (AvgIpc) is 3.04. The maximum Gasteiger partial charge on any atom is 0.411 e. The molecule has 1 aliphatic heterocycles. The van der Waals surface area contributed by atoms with Crippen LogP contribution in [0.25, 0.3) is 11.1 Å². The number of anilines is 1. The number of likely N-dealkylation sites (tertiary alicyclic amines) is 1. The van der Waals surface area contributed by atoms with E-state index in [1.807, 2.05) is 0 Å². The Morgan fingerprint density at radius 1 is 1.37 bits per heavy atom. The normalized spacial score (nSPS) is 17.1. The standard InChI is InChI=1S/C20H22ClFN2O3/c1-24-9-2-3-14(24)8-10-27-20(26)23-19-7-5-15(25)12-16(19)13-4-6-18(22)17(21)11-13/h4-7,11-12,14,25H,2-3,8-10H2,1H3,(H,23,26). The summed E-state index contributed by atoms with van der Waals surface area (Å²) in [5, 5.41) is 12.4. The van der Waals surface area contributed by atoms with Crippen molar-refractivity contribution in [2.45, 2.75) is 25.3 Å². The maximum absolute atomic E-state index is 13.4. The molecule has 0 bridgehead atoms. The van der Waals surface area contributed by atoms with E-state index in [0.717, 1.165) is 19.4 Å². The van der Waals surface area contributed by atoms with Gasteiger partial charge in [-0.05, 0) is 68.8 Å². The predicted octanol–water partition coefficient (Wildman–Crippen LogP) is 4.88. The Bertz CT molecular complexity index is 831. The molecular weight excluding hydrogens is 371 g/mol. The van der Waals surface area contributed by atoms with Crippen LogP contribution in [0, 0.1) is 5.82 Å². The molecule has 7 heteroatoms. The zero-order valence-electron chi connectivity index (χ0n) is 15.0. The molecular formula is C20H22ClFN2O3. The van der Waals surface area contributed by atoms with Crippen LogP contribution in [-0.4, -0.2) is 42.3 Å². The first-order valence-electron chi connectivity index (χ1n) is 8.86. The van der Waals surface area contributed by atoms with Crippen LogP contribution in [-0.2, 0) is 4.74 Å². The average molecular weight is 393 g/mol. The Hall–Kier alpha value is -2.31. The molecule has 0 aliphatic carbocycles. The van der Waals surface area contributed by atoms with Gasteiger partial charge in [0.1, 0.15) is 11.6 Å². The minimum atomic E-state index is -0.573. The summed E-state index contributed by atoms with van der Waals surface area (Å²) in [6.45, 7) is 1.41. The van der Waals surface area contributed by atoms with Gasteiger partial charge in [-0.3, -0.25) is 5.32 Å². The molecule has 1 saturated heterocycles. The molecule has 27 heavy (non-hydrogen) atoms. The Morgan fingerprint density at radius 2 is 2.19 bits per heavy atom. The number of nitrogens with one attached hydrogen (secondary N) is 1. The summed E-state index contributed by atoms with van der Waals surface area (Å²) in [6.07, 6.45) is 2.51. The number of benzene rings is 2. The summed E-state index contributed by atoms with van der Waals surface area (Å²) in [7, 11) is 2.08. The number of halogens is 2. The van der Waals surface area contributed by atoms with Crippen molar-refractivity contribution >= 4 is 23.4 Å². The van der Waals surface area contributed by atoms with Crippen molar-refractivity contribution in [1.29, 1.82) is 0 Å². The second kappa shape index (κ2) is 8.59. The van der Waals surface area contributed by atoms with Crippen LogP contribution in [0.5, 0.6) is 5.75 Å². The number of ether oxygens (including phenoxy) is 1. The van der Waals surface area contributed by atoms with E-state index < -0.39 is 11.9 Å². The van der Waals surface area contributed by atoms with Crippen molar-refractivity contribution in [2.75, 3.05) is 25.5 Å². The molecule has 1 atom stereocenters. The molecule has 0 radical (unpaired) electrons. The molecule has 144 valence electrons. The zero-order valence-corrected chi connectivity index (χ0v) is 15.8. The lowest BCUT2D eigenvalue weighted by Crippen LogP contribution is -2.27. The van der Waals surface area contributed by atoms with E-state index in [2.05, 4.69) is 17.3 Å². The molecule has 2 aromatic rings. The third kappa shape index (κ3) is 4.90. The van der Waals surface area contributed by atoms with Crippen molar-refractivity contribution in [1.82, 2.24) is 4.90 Å². The van der Waals surface area contributed by atoms with Gasteiger partial charge in [0.15, 0.2) is 0 Å². The van der Waals surface area contributed by atoms with Crippen LogP contribution in [0.3, 0.4) is 0 Å². The Labute approximate surface area is 162 Å². The number of phenolic OH excluding ortho intramolecular Hbond substituents is 1. The van der Waals surface area contributed by atoms with Gasteiger partial charge in [0, 0.05) is 11.6 Å². The highest BCUT2D eigenvalue weighted by Gasteiger charge is 2.21. The highest BCUT2D eigenvalue weighted by molar-refractivity contribution is 6.31. The Kier molecular flexibility index (Phi) is 6.19. The van der Waals surface area contributed by atoms with Crippen LogP contribution in [0.1, 0.15) is 19.3 Å². The lowest BCUT2D eigenvalue weighted by Gasteiger charge is -2.19. The number of amides is 1. The third-order valence-electron chi connectivity index (χ3n) is 4.83. The molecule has 0 spiro atoms. The molecule has 0 saturated carbocycles. The third-order valence-corrected chi connectivity index (χ3v) is 5.12. The number of phenols is 1. The monoisotopic (exact) mass is 392 g/mol. The van der Waals surface area contributed by atoms with Gasteiger partial charge in [0.25, 0.3) is 0 Å². The first kappa shape index (κ1) is 19.5. The molecule has 1 unspecified atom stereocenters. The number of hydrogen-bond donors (Lipinski definition) is 2. The fraction of sp³-hybridized carbons (Fsp3) is 0.350. The van der Waals surface area contributed by atoms with Crippen LogP contribution >= 0.6 is 11.6 Å². The minimum absolute atomic E-state index is 0.0219. The lowest BCUT2D eigenvalue weighted by atomic mass is 10.0. The van der Waals surface area contributed by atoms with Crippen LogP contribution in [0.15, 0.2) is 36.4 Å². The largest absolute Gasteiger partial charge is 0.508 e. The fourth-order valence-corrected chi connectivity index (χ4v) is 3.50. The predicted molar refractivity (Wildman–Crippen MR) is 104 cm³/mol. The number of aromatic hydroxyl groups is 1. The number of carbonyl (C=O) groups excluding carboxylic acids is 1. The Morgan fingerprint density at radius 3 is 2.89 bits per heavy atom. The Balaban J connectivity index is 1.67. The van der Waals surface area contributed by atoms with E-state index in [-0.39, 0.29) is 10.8 Å². The van der Waals surface area contributed by atoms with Gasteiger partial charge in [-0.25, -0.2) is 9.18 Å². The number of rotatable bonds is 5. The maximum atomic E-state index is 13.4. The van der Waals surface area contributed by atoms with Gasteiger partial charge in [-0.15, -0.1) is 0 Å². The first-order valence-corrected chi connectivity index (χ1v) is 9.24. The first-order chi connectivity index (χ1) is 12.9. The highest BCUT2D eigenvalue weighted by atomic mass is 35.5. The molecule has 5 nitrogen and oxygen atoms in total. The van der Waals surface area contributed by atoms with Crippen LogP contribution in [0.4, 0.5) is 14.9 Å². The van der Waals surface area contributed by atoms with Crippen molar-refractivity contribution in [2.24, 2.45) is 0 Å². The smallest absolute Gasteiger partial charge is 0.411 e. The van der Waals surface area contributed by atoms with Crippen molar-refractivity contribution < 1.29 is 19.0 Å². The highest BCUT2D eigenvalue weighted by Crippen LogP contribution is 2.33. The van der Waals surface area contributed by atoms with Crippen LogP contribution < -0.4 is 5.32 Å². The molecule has 1 heterocycles. The second-order valence-corrected chi connectivity index (χ2v) is 7.09. The summed E-state index contributed by atoms with van der Waals surface area (Å²) >= 11 is 5.85. The minimum Gasteiger partial charge on any atom is -0.508 e. The topological polar surface area (TPSA) is 61.8 Å². The van der Waals surface area contributed by atoms with Gasteiger partial charge in [0.2, 0.25) is 0 Å². The summed E-state index contributed by atoms with van der Waals surface area (Å²) in [4.78, 5) is 14.4. The summed E-state index contributed by atoms with van der Waals surface area (Å²) in [5.41, 5.74) is 1.53. The SMILES string of the molecule is CN1CCCC1CCOC(=O)Nc1ccc(O)cc1-c1ccc(F)c(Cl)c1. The number of nitrogens with zero attached hydrogens (tertiary/aromatic N) is 1. The zero-order chi connectivity index (χ0) is 19.4. The van der Waals surface area contributed by atoms with E-state index in [4.69, 9.17) is 16.3 Å². The van der Waals surface area contributed by atoms with E-state index in [0.29, 0.717) is 29.5 Å². The van der Waals surface area contributed by atoms with Crippen molar-refractivity contribution in [3.05, 3.63) is 47.2 Å². The van der Waals surface area contributed by atoms with E-state index in [1.54, 1.807) is 6.07 Å². The van der Waals surface area contributed by atoms with Gasteiger partial charge >= 0.3 is 6.09 Å². The molecule has 1 amide bonds. The van der Waals surface area contributed by atoms with Gasteiger partial charge < -0.3 is 14.7 Å². The van der Waals surface area contributed by atoms with Gasteiger partial charge in [0.05, 0.1) is 17.3 Å². The lowest BCUT2D eigenvalue weighted by molar-refractivity contribution is 0.147. The molecule has 3 rings (SSSR count). The molecule has 1 fully saturated rings. The van der Waals surface area contributed by atoms with Crippen LogP contribution in [0.2, 0.25) is 5.02 Å². The number of carbonyl (C=O) groups is 1. The van der Waals surface area contributed by atoms with Gasteiger partial charge in [-0.2, -0.15) is 0 Å². The van der Waals surface area contributed by atoms with E-state index in [1.165, 1.54) is 36.8 Å².